The van der Waals surface area contributed by atoms with Crippen LogP contribution in [-0.2, 0) is 0 Å². The van der Waals surface area contributed by atoms with E-state index in [1.165, 1.54) is 24.4 Å². The van der Waals surface area contributed by atoms with Crippen molar-refractivity contribution in [2.75, 3.05) is 0 Å². The number of nitro groups is 1. The number of nitro benzene ring substituents is 1. The van der Waals surface area contributed by atoms with Crippen molar-refractivity contribution in [3.8, 4) is 0 Å². The summed E-state index contributed by atoms with van der Waals surface area (Å²) >= 11 is 12.0. The number of aliphatic imine (C=N–C) groups is 1. The molecule has 0 unspecified atom stereocenters. The van der Waals surface area contributed by atoms with E-state index < -0.39 is 4.92 Å². The molecular weight excluding hydrogens is 299 g/mol. The molecule has 2 aromatic carbocycles. The molecule has 0 saturated carbocycles. The maximum Gasteiger partial charge on any atom is 0.270 e. The molecule has 0 spiro atoms. The van der Waals surface area contributed by atoms with Crippen LogP contribution in [0.15, 0.2) is 41.4 Å². The molecule has 0 aliphatic heterocycles. The number of halogens is 2. The van der Waals surface area contributed by atoms with Crippen molar-refractivity contribution in [3.63, 3.8) is 0 Å². The lowest BCUT2D eigenvalue weighted by Gasteiger charge is -2.00. The van der Waals surface area contributed by atoms with E-state index in [4.69, 9.17) is 23.2 Å². The average molecular weight is 309 g/mol. The van der Waals surface area contributed by atoms with Crippen LogP contribution in [-0.4, -0.2) is 11.1 Å². The van der Waals surface area contributed by atoms with E-state index in [1.54, 1.807) is 6.07 Å². The Balaban J connectivity index is 2.33. The van der Waals surface area contributed by atoms with Gasteiger partial charge in [-0.1, -0.05) is 29.3 Å². The number of nitrogens with zero attached hydrogens (tertiary/aromatic N) is 2. The van der Waals surface area contributed by atoms with Crippen molar-refractivity contribution < 1.29 is 4.92 Å². The molecule has 4 nitrogen and oxygen atoms in total. The lowest BCUT2D eigenvalue weighted by atomic mass is 10.2. The lowest BCUT2D eigenvalue weighted by molar-refractivity contribution is -0.384. The highest BCUT2D eigenvalue weighted by Crippen LogP contribution is 2.24. The van der Waals surface area contributed by atoms with Gasteiger partial charge in [0.05, 0.1) is 10.6 Å². The SMILES string of the molecule is Cc1ccc(N=Cc2cc([N+](=O)[O-])ccc2Cl)cc1Cl. The van der Waals surface area contributed by atoms with E-state index in [2.05, 4.69) is 4.99 Å². The van der Waals surface area contributed by atoms with Crippen LogP contribution in [0, 0.1) is 17.0 Å². The van der Waals surface area contributed by atoms with Crippen LogP contribution < -0.4 is 0 Å². The fourth-order valence-electron chi connectivity index (χ4n) is 1.55. The van der Waals surface area contributed by atoms with Gasteiger partial charge in [-0.3, -0.25) is 15.1 Å². The van der Waals surface area contributed by atoms with E-state index in [1.807, 2.05) is 19.1 Å². The number of hydrogen-bond acceptors (Lipinski definition) is 3. The Morgan fingerprint density at radius 2 is 1.90 bits per heavy atom. The van der Waals surface area contributed by atoms with E-state index in [-0.39, 0.29) is 5.69 Å². The summed E-state index contributed by atoms with van der Waals surface area (Å²) in [7, 11) is 0. The largest absolute Gasteiger partial charge is 0.270 e. The Morgan fingerprint density at radius 1 is 1.15 bits per heavy atom. The van der Waals surface area contributed by atoms with Gasteiger partial charge in [0.25, 0.3) is 5.69 Å². The van der Waals surface area contributed by atoms with E-state index in [9.17, 15) is 10.1 Å². The number of aryl methyl sites for hydroxylation is 1. The third-order valence-electron chi connectivity index (χ3n) is 2.70. The zero-order chi connectivity index (χ0) is 14.7. The topological polar surface area (TPSA) is 55.5 Å². The summed E-state index contributed by atoms with van der Waals surface area (Å²) in [5.74, 6) is 0. The summed E-state index contributed by atoms with van der Waals surface area (Å²) in [6.45, 7) is 1.90. The third-order valence-corrected chi connectivity index (χ3v) is 3.45. The van der Waals surface area contributed by atoms with Gasteiger partial charge in [-0.15, -0.1) is 0 Å². The Morgan fingerprint density at radius 3 is 2.55 bits per heavy atom. The molecule has 102 valence electrons. The summed E-state index contributed by atoms with van der Waals surface area (Å²) in [5.41, 5.74) is 2.07. The quantitative estimate of drug-likeness (QED) is 0.457. The summed E-state index contributed by atoms with van der Waals surface area (Å²) in [6.07, 6.45) is 1.48. The van der Waals surface area contributed by atoms with Gasteiger partial charge >= 0.3 is 0 Å². The smallest absolute Gasteiger partial charge is 0.258 e. The number of rotatable bonds is 3. The lowest BCUT2D eigenvalue weighted by Crippen LogP contribution is -1.90. The van der Waals surface area contributed by atoms with E-state index >= 15 is 0 Å². The second-order valence-electron chi connectivity index (χ2n) is 4.15. The monoisotopic (exact) mass is 308 g/mol. The normalized spacial score (nSPS) is 10.9. The van der Waals surface area contributed by atoms with Crippen LogP contribution in [0.25, 0.3) is 0 Å². The molecule has 0 atom stereocenters. The molecular formula is C14H10Cl2N2O2. The molecule has 20 heavy (non-hydrogen) atoms. The molecule has 0 amide bonds. The van der Waals surface area contributed by atoms with Crippen molar-refractivity contribution in [1.29, 1.82) is 0 Å². The zero-order valence-electron chi connectivity index (χ0n) is 10.5. The van der Waals surface area contributed by atoms with Gasteiger partial charge in [0, 0.05) is 34.0 Å². The van der Waals surface area contributed by atoms with Gasteiger partial charge in [0.2, 0.25) is 0 Å². The van der Waals surface area contributed by atoms with Crippen molar-refractivity contribution in [2.45, 2.75) is 6.92 Å². The molecule has 0 aliphatic carbocycles. The van der Waals surface area contributed by atoms with Gasteiger partial charge < -0.3 is 0 Å². The van der Waals surface area contributed by atoms with Crippen LogP contribution >= 0.6 is 23.2 Å². The van der Waals surface area contributed by atoms with Crippen molar-refractivity contribution in [2.24, 2.45) is 4.99 Å². The molecule has 0 radical (unpaired) electrons. The zero-order valence-corrected chi connectivity index (χ0v) is 12.0. The second-order valence-corrected chi connectivity index (χ2v) is 4.97. The van der Waals surface area contributed by atoms with Gasteiger partial charge in [-0.25, -0.2) is 0 Å². The minimum absolute atomic E-state index is 0.0298. The molecule has 2 aromatic rings. The summed E-state index contributed by atoms with van der Waals surface area (Å²) in [5, 5.41) is 11.7. The third kappa shape index (κ3) is 3.35. The highest BCUT2D eigenvalue weighted by molar-refractivity contribution is 6.33. The van der Waals surface area contributed by atoms with E-state index in [0.29, 0.717) is 21.3 Å². The van der Waals surface area contributed by atoms with Gasteiger partial charge in [0.15, 0.2) is 0 Å². The average Bonchev–Trinajstić information content (AvgIpc) is 2.41. The van der Waals surface area contributed by atoms with Crippen molar-refractivity contribution >= 4 is 40.8 Å². The fraction of sp³-hybridized carbons (Fsp3) is 0.0714. The first-order valence-electron chi connectivity index (χ1n) is 5.71. The highest BCUT2D eigenvalue weighted by Gasteiger charge is 2.08. The van der Waals surface area contributed by atoms with Crippen LogP contribution in [0.2, 0.25) is 10.0 Å². The second kappa shape index (κ2) is 6.03. The summed E-state index contributed by atoms with van der Waals surface area (Å²) in [4.78, 5) is 14.5. The molecule has 0 saturated heterocycles. The summed E-state index contributed by atoms with van der Waals surface area (Å²) in [6, 6.07) is 9.58. The standard InChI is InChI=1S/C14H10Cl2N2O2/c1-9-2-3-11(7-14(9)16)17-8-10-6-12(18(19)20)4-5-13(10)15/h2-8H,1H3. The van der Waals surface area contributed by atoms with Crippen molar-refractivity contribution in [1.82, 2.24) is 0 Å². The maximum absolute atomic E-state index is 10.7. The number of non-ortho nitro benzene ring substituents is 1. The Hall–Kier alpha value is -1.91. The minimum atomic E-state index is -0.476. The molecule has 0 aromatic heterocycles. The molecule has 6 heteroatoms. The van der Waals surface area contributed by atoms with Gasteiger partial charge in [-0.2, -0.15) is 0 Å². The van der Waals surface area contributed by atoms with Gasteiger partial charge in [-0.05, 0) is 30.7 Å². The van der Waals surface area contributed by atoms with Crippen molar-refractivity contribution in [3.05, 3.63) is 67.7 Å². The van der Waals surface area contributed by atoms with Crippen LogP contribution in [0.4, 0.5) is 11.4 Å². The first kappa shape index (κ1) is 14.5. The van der Waals surface area contributed by atoms with E-state index in [0.717, 1.165) is 5.56 Å². The predicted molar refractivity (Wildman–Crippen MR) is 81.5 cm³/mol. The first-order chi connectivity index (χ1) is 9.47. The highest BCUT2D eigenvalue weighted by atomic mass is 35.5. The number of benzene rings is 2. The Labute approximate surface area is 125 Å². The van der Waals surface area contributed by atoms with Gasteiger partial charge in [0.1, 0.15) is 0 Å². The molecule has 2 rings (SSSR count). The molecule has 0 fully saturated rings. The first-order valence-corrected chi connectivity index (χ1v) is 6.47. The molecule has 0 heterocycles. The predicted octanol–water partition coefficient (Wildman–Crippen LogP) is 4.96. The molecule has 0 N–H and O–H groups in total. The minimum Gasteiger partial charge on any atom is -0.258 e. The van der Waals surface area contributed by atoms with Crippen LogP contribution in [0.1, 0.15) is 11.1 Å². The summed E-state index contributed by atoms with van der Waals surface area (Å²) < 4.78 is 0. The van der Waals surface area contributed by atoms with Crippen LogP contribution in [0.3, 0.4) is 0 Å². The maximum atomic E-state index is 10.7. The fourth-order valence-corrected chi connectivity index (χ4v) is 1.89. The molecule has 0 aliphatic rings. The number of hydrogen-bond donors (Lipinski definition) is 0. The molecule has 0 bridgehead atoms. The Kier molecular flexibility index (Phi) is 4.37. The van der Waals surface area contributed by atoms with Crippen LogP contribution in [0.5, 0.6) is 0 Å². The Bertz CT molecular complexity index is 700.